The predicted octanol–water partition coefficient (Wildman–Crippen LogP) is 8.64. The fourth-order valence-electron chi connectivity index (χ4n) is 6.66. The quantitative estimate of drug-likeness (QED) is 0.136. The van der Waals surface area contributed by atoms with Gasteiger partial charge in [-0.05, 0) is 68.0 Å². The van der Waals surface area contributed by atoms with E-state index in [1.807, 2.05) is 48.5 Å². The van der Waals surface area contributed by atoms with E-state index >= 15 is 0 Å². The highest BCUT2D eigenvalue weighted by Gasteiger charge is 2.37. The summed E-state index contributed by atoms with van der Waals surface area (Å²) in [6.45, 7) is 14.7. The lowest BCUT2D eigenvalue weighted by molar-refractivity contribution is -0.939. The molecular formula is C38H45N2O2S+. The molecule has 5 heteroatoms. The van der Waals surface area contributed by atoms with Crippen LogP contribution in [0.3, 0.4) is 0 Å². The first-order valence-electron chi connectivity index (χ1n) is 15.6. The topological polar surface area (TPSA) is 37.4 Å². The second kappa shape index (κ2) is 13.0. The molecule has 0 N–H and O–H groups in total. The first-order valence-corrected chi connectivity index (χ1v) is 17.0. The van der Waals surface area contributed by atoms with Gasteiger partial charge in [-0.15, -0.1) is 0 Å². The van der Waals surface area contributed by atoms with E-state index in [1.54, 1.807) is 10.4 Å². The Kier molecular flexibility index (Phi) is 9.36. The van der Waals surface area contributed by atoms with Crippen LogP contribution in [0.1, 0.15) is 49.4 Å². The molecule has 0 saturated heterocycles. The highest BCUT2D eigenvalue weighted by Crippen LogP contribution is 2.31. The van der Waals surface area contributed by atoms with E-state index in [0.717, 1.165) is 64.2 Å². The predicted molar refractivity (Wildman–Crippen MR) is 181 cm³/mol. The zero-order valence-corrected chi connectivity index (χ0v) is 27.1. The summed E-state index contributed by atoms with van der Waals surface area (Å²) in [4.78, 5) is 0.380. The largest absolute Gasteiger partial charge is 0.319 e. The summed E-state index contributed by atoms with van der Waals surface area (Å²) in [6.07, 6.45) is 0.727. The Hall–Kier alpha value is -3.51. The minimum Gasteiger partial charge on any atom is -0.319 e. The Bertz CT molecular complexity index is 1800. The maximum atomic E-state index is 14.8. The molecule has 5 aromatic rings. The molecule has 5 rings (SSSR count). The minimum atomic E-state index is -3.84. The molecule has 1 unspecified atom stereocenters. The second-order valence-electron chi connectivity index (χ2n) is 12.1. The van der Waals surface area contributed by atoms with Crippen molar-refractivity contribution in [2.75, 3.05) is 19.6 Å². The van der Waals surface area contributed by atoms with Crippen molar-refractivity contribution in [3.05, 3.63) is 125 Å². The zero-order chi connectivity index (χ0) is 30.6. The third-order valence-electron chi connectivity index (χ3n) is 9.11. The molecule has 0 heterocycles. The molecule has 224 valence electrons. The highest BCUT2D eigenvalue weighted by molar-refractivity contribution is 7.89. The van der Waals surface area contributed by atoms with Crippen LogP contribution in [0.4, 0.5) is 0 Å². The van der Waals surface area contributed by atoms with Crippen molar-refractivity contribution >= 4 is 31.6 Å². The van der Waals surface area contributed by atoms with Gasteiger partial charge in [0, 0.05) is 17.5 Å². The molecule has 0 radical (unpaired) electrons. The van der Waals surface area contributed by atoms with Crippen molar-refractivity contribution in [3.8, 4) is 0 Å². The number of nitrogens with zero attached hydrogens (tertiary/aromatic N) is 2. The summed E-state index contributed by atoms with van der Waals surface area (Å²) in [7, 11) is -3.84. The number of hydrogen-bond donors (Lipinski definition) is 0. The molecule has 43 heavy (non-hydrogen) atoms. The van der Waals surface area contributed by atoms with E-state index in [0.29, 0.717) is 11.4 Å². The van der Waals surface area contributed by atoms with E-state index in [1.165, 1.54) is 16.7 Å². The molecule has 0 spiro atoms. The minimum absolute atomic E-state index is 0.179. The smallest absolute Gasteiger partial charge is 0.244 e. The Morgan fingerprint density at radius 2 is 1.30 bits per heavy atom. The van der Waals surface area contributed by atoms with Gasteiger partial charge < -0.3 is 4.48 Å². The second-order valence-corrected chi connectivity index (χ2v) is 13.9. The standard InChI is InChI=1S/C38H45N2O2S/c1-6-36(28-40(7-2,8-3)27-32-23-29(4)22-30(5)24-32)39(26-31-20-21-33-14-9-10-16-35(33)25-31)43(41,42)38-19-13-17-34-15-11-12-18-37(34)38/h9-25,36H,6-8,26-28H2,1-5H3/q+1. The summed E-state index contributed by atoms with van der Waals surface area (Å²) >= 11 is 0. The molecule has 1 atom stereocenters. The Labute approximate surface area is 258 Å². The molecule has 4 nitrogen and oxygen atoms in total. The average molecular weight is 594 g/mol. The molecule has 0 aromatic heterocycles. The molecular weight excluding hydrogens is 548 g/mol. The normalized spacial score (nSPS) is 13.2. The number of aryl methyl sites for hydroxylation is 2. The first kappa shape index (κ1) is 30.9. The number of hydrogen-bond acceptors (Lipinski definition) is 2. The van der Waals surface area contributed by atoms with Crippen LogP contribution in [-0.4, -0.2) is 42.9 Å². The summed E-state index contributed by atoms with van der Waals surface area (Å²) in [5, 5.41) is 3.98. The fraction of sp³-hybridized carbons (Fsp3) is 0.316. The lowest BCUT2D eigenvalue weighted by Gasteiger charge is -2.42. The van der Waals surface area contributed by atoms with Crippen LogP contribution < -0.4 is 0 Å². The Morgan fingerprint density at radius 1 is 0.674 bits per heavy atom. The molecule has 0 fully saturated rings. The van der Waals surface area contributed by atoms with E-state index < -0.39 is 10.0 Å². The third kappa shape index (κ3) is 6.70. The summed E-state index contributed by atoms with van der Waals surface area (Å²) in [6, 6.07) is 34.6. The van der Waals surface area contributed by atoms with Crippen LogP contribution in [0.15, 0.2) is 108 Å². The van der Waals surface area contributed by atoms with Gasteiger partial charge in [0.15, 0.2) is 0 Å². The van der Waals surface area contributed by atoms with Crippen LogP contribution in [-0.2, 0) is 23.1 Å². The van der Waals surface area contributed by atoms with E-state index in [9.17, 15) is 8.42 Å². The summed E-state index contributed by atoms with van der Waals surface area (Å²) in [5.41, 5.74) is 4.85. The van der Waals surface area contributed by atoms with Gasteiger partial charge in [0.1, 0.15) is 6.54 Å². The average Bonchev–Trinajstić information content (AvgIpc) is 3.01. The van der Waals surface area contributed by atoms with Gasteiger partial charge >= 0.3 is 0 Å². The van der Waals surface area contributed by atoms with Crippen molar-refractivity contribution in [2.24, 2.45) is 0 Å². The molecule has 0 aliphatic heterocycles. The van der Waals surface area contributed by atoms with E-state index in [4.69, 9.17) is 0 Å². The van der Waals surface area contributed by atoms with Gasteiger partial charge in [-0.3, -0.25) is 0 Å². The van der Waals surface area contributed by atoms with Crippen molar-refractivity contribution < 1.29 is 12.9 Å². The van der Waals surface area contributed by atoms with Crippen LogP contribution >= 0.6 is 0 Å². The lowest BCUT2D eigenvalue weighted by atomic mass is 10.0. The number of quaternary nitrogens is 1. The molecule has 0 bridgehead atoms. The summed E-state index contributed by atoms with van der Waals surface area (Å²) < 4.78 is 32.3. The van der Waals surface area contributed by atoms with Crippen LogP contribution in [0.2, 0.25) is 0 Å². The molecule has 5 aromatic carbocycles. The van der Waals surface area contributed by atoms with Gasteiger partial charge in [-0.25, -0.2) is 8.42 Å². The third-order valence-corrected chi connectivity index (χ3v) is 11.1. The van der Waals surface area contributed by atoms with Crippen LogP contribution in [0, 0.1) is 13.8 Å². The SMILES string of the molecule is CCC(C[N+](CC)(CC)Cc1cc(C)cc(C)c1)N(Cc1ccc2ccccc2c1)S(=O)(=O)c1cccc2ccccc12. The molecule has 0 aliphatic carbocycles. The monoisotopic (exact) mass is 593 g/mol. The zero-order valence-electron chi connectivity index (χ0n) is 26.3. The van der Waals surface area contributed by atoms with Gasteiger partial charge in [0.25, 0.3) is 0 Å². The van der Waals surface area contributed by atoms with E-state index in [2.05, 4.69) is 83.1 Å². The van der Waals surface area contributed by atoms with Crippen molar-refractivity contribution in [1.29, 1.82) is 0 Å². The van der Waals surface area contributed by atoms with Crippen LogP contribution in [0.5, 0.6) is 0 Å². The van der Waals surface area contributed by atoms with Gasteiger partial charge in [0.05, 0.1) is 30.6 Å². The number of benzene rings is 5. The van der Waals surface area contributed by atoms with Gasteiger partial charge in [0.2, 0.25) is 10.0 Å². The molecule has 0 aliphatic rings. The number of sulfonamides is 1. The number of rotatable bonds is 12. The highest BCUT2D eigenvalue weighted by atomic mass is 32.2. The first-order chi connectivity index (χ1) is 20.7. The fourth-order valence-corrected chi connectivity index (χ4v) is 8.56. The van der Waals surface area contributed by atoms with Gasteiger partial charge in [-0.2, -0.15) is 4.31 Å². The maximum absolute atomic E-state index is 14.8. The Morgan fingerprint density at radius 3 is 1.98 bits per heavy atom. The van der Waals surface area contributed by atoms with E-state index in [-0.39, 0.29) is 6.04 Å². The number of likely N-dealkylation sites (N-methyl/N-ethyl adjacent to an activating group) is 1. The summed E-state index contributed by atoms with van der Waals surface area (Å²) in [5.74, 6) is 0. The number of fused-ring (bicyclic) bond motifs is 2. The maximum Gasteiger partial charge on any atom is 0.244 e. The van der Waals surface area contributed by atoms with Crippen molar-refractivity contribution in [2.45, 2.75) is 65.1 Å². The molecule has 0 saturated carbocycles. The lowest BCUT2D eigenvalue weighted by Crippen LogP contribution is -2.56. The van der Waals surface area contributed by atoms with Crippen molar-refractivity contribution in [1.82, 2.24) is 4.31 Å². The van der Waals surface area contributed by atoms with Crippen LogP contribution in [0.25, 0.3) is 21.5 Å². The van der Waals surface area contributed by atoms with Crippen molar-refractivity contribution in [3.63, 3.8) is 0 Å². The molecule has 0 amide bonds. The Balaban J connectivity index is 1.60. The van der Waals surface area contributed by atoms with Gasteiger partial charge in [-0.1, -0.05) is 109 Å².